The van der Waals surface area contributed by atoms with E-state index in [1.165, 1.54) is 11.6 Å². The lowest BCUT2D eigenvalue weighted by Crippen LogP contribution is -2.29. The van der Waals surface area contributed by atoms with Gasteiger partial charge in [-0.2, -0.15) is 0 Å². The minimum Gasteiger partial charge on any atom is -0.378 e. The van der Waals surface area contributed by atoms with Crippen molar-refractivity contribution >= 4 is 17.5 Å². The maximum atomic E-state index is 12.2. The Morgan fingerprint density at radius 3 is 2.61 bits per heavy atom. The summed E-state index contributed by atoms with van der Waals surface area (Å²) in [7, 11) is 0. The van der Waals surface area contributed by atoms with Gasteiger partial charge in [0.2, 0.25) is 5.91 Å². The number of aliphatic hydroxyl groups is 1. The van der Waals surface area contributed by atoms with E-state index in [0.717, 1.165) is 12.8 Å². The van der Waals surface area contributed by atoms with Gasteiger partial charge in [0.05, 0.1) is 5.69 Å². The first-order chi connectivity index (χ1) is 11.1. The number of hydrogen-bond acceptors (Lipinski definition) is 3. The monoisotopic (exact) mass is 310 g/mol. The van der Waals surface area contributed by atoms with E-state index < -0.39 is 12.0 Å². The van der Waals surface area contributed by atoms with Crippen LogP contribution in [0.3, 0.4) is 0 Å². The second kappa shape index (κ2) is 6.22. The maximum Gasteiger partial charge on any atom is 0.260 e. The number of fused-ring (bicyclic) bond motifs is 1. The highest BCUT2D eigenvalue weighted by Crippen LogP contribution is 2.36. The Morgan fingerprint density at radius 2 is 1.91 bits per heavy atom. The Kier molecular flexibility index (Phi) is 4.12. The normalized spacial score (nSPS) is 16.5. The zero-order chi connectivity index (χ0) is 16.4. The van der Waals surface area contributed by atoms with E-state index >= 15 is 0 Å². The molecule has 1 atom stereocenters. The zero-order valence-electron chi connectivity index (χ0n) is 12.6. The summed E-state index contributed by atoms with van der Waals surface area (Å²) in [5, 5.41) is 10.1. The highest BCUT2D eigenvalue weighted by atomic mass is 16.3. The molecule has 1 heterocycles. The molecule has 2 amide bonds. The van der Waals surface area contributed by atoms with E-state index in [0.29, 0.717) is 23.4 Å². The molecule has 0 saturated carbocycles. The van der Waals surface area contributed by atoms with Gasteiger partial charge in [0.15, 0.2) is 6.10 Å². The number of aryl methyl sites for hydroxylation is 1. The Balaban J connectivity index is 1.74. The fraction of sp³-hybridized carbons (Fsp3) is 0.222. The first-order valence-corrected chi connectivity index (χ1v) is 7.55. The maximum absolute atomic E-state index is 12.2. The number of benzene rings is 2. The predicted molar refractivity (Wildman–Crippen MR) is 87.0 cm³/mol. The van der Waals surface area contributed by atoms with Gasteiger partial charge in [0, 0.05) is 17.7 Å². The molecule has 0 aliphatic carbocycles. The molecule has 2 aromatic rings. The van der Waals surface area contributed by atoms with Crippen LogP contribution in [0.2, 0.25) is 0 Å². The Hall–Kier alpha value is -2.66. The van der Waals surface area contributed by atoms with Crippen molar-refractivity contribution in [2.75, 3.05) is 11.4 Å². The molecule has 1 aliphatic heterocycles. The van der Waals surface area contributed by atoms with Gasteiger partial charge in [0.25, 0.3) is 5.91 Å². The molecule has 0 fully saturated rings. The summed E-state index contributed by atoms with van der Waals surface area (Å²) >= 11 is 0. The number of nitrogens with zero attached hydrogens (tertiary/aromatic N) is 1. The third-order valence-corrected chi connectivity index (χ3v) is 4.09. The molecule has 5 nitrogen and oxygen atoms in total. The van der Waals surface area contributed by atoms with Crippen LogP contribution >= 0.6 is 0 Å². The number of carbonyl (C=O) groups excluding carboxylic acids is 2. The molecule has 0 aromatic heterocycles. The highest BCUT2D eigenvalue weighted by molar-refractivity contribution is 6.05. The van der Waals surface area contributed by atoms with E-state index in [9.17, 15) is 14.7 Å². The van der Waals surface area contributed by atoms with Gasteiger partial charge >= 0.3 is 0 Å². The third kappa shape index (κ3) is 2.96. The van der Waals surface area contributed by atoms with Crippen molar-refractivity contribution in [3.8, 4) is 0 Å². The molecule has 0 saturated heterocycles. The number of carbonyl (C=O) groups is 2. The molecule has 118 valence electrons. The first-order valence-electron chi connectivity index (χ1n) is 7.55. The van der Waals surface area contributed by atoms with Gasteiger partial charge in [-0.3, -0.25) is 9.59 Å². The number of primary amides is 1. The summed E-state index contributed by atoms with van der Waals surface area (Å²) in [5.41, 5.74) is 7.86. The Bertz CT molecular complexity index is 743. The van der Waals surface area contributed by atoms with Crippen LogP contribution in [0.25, 0.3) is 0 Å². The number of aliphatic hydroxyl groups excluding tert-OH is 1. The summed E-state index contributed by atoms with van der Waals surface area (Å²) in [6.45, 7) is 0.522. The largest absolute Gasteiger partial charge is 0.378 e. The van der Waals surface area contributed by atoms with E-state index in [4.69, 9.17) is 5.73 Å². The van der Waals surface area contributed by atoms with Gasteiger partial charge in [-0.25, -0.2) is 0 Å². The minimum absolute atomic E-state index is 0.293. The van der Waals surface area contributed by atoms with Crippen molar-refractivity contribution < 1.29 is 14.7 Å². The standard InChI is InChI=1S/C18H18N2O3/c19-17(22)13-8-9-15-14(11-13)16(21)18(23)20(15)10-4-7-12-5-2-1-3-6-12/h1-3,5-6,8-9,11,16,21H,4,7,10H2,(H2,19,22). The van der Waals surface area contributed by atoms with Gasteiger partial charge in [0.1, 0.15) is 0 Å². The summed E-state index contributed by atoms with van der Waals surface area (Å²) in [5.74, 6) is -0.926. The minimum atomic E-state index is -1.22. The summed E-state index contributed by atoms with van der Waals surface area (Å²) in [6.07, 6.45) is 0.426. The van der Waals surface area contributed by atoms with Crippen molar-refractivity contribution in [1.29, 1.82) is 0 Å². The molecule has 23 heavy (non-hydrogen) atoms. The topological polar surface area (TPSA) is 83.6 Å². The number of amides is 2. The summed E-state index contributed by atoms with van der Waals surface area (Å²) < 4.78 is 0. The van der Waals surface area contributed by atoms with Crippen LogP contribution in [0.4, 0.5) is 5.69 Å². The Labute approximate surface area is 134 Å². The lowest BCUT2D eigenvalue weighted by molar-refractivity contribution is -0.125. The SMILES string of the molecule is NC(=O)c1ccc2c(c1)C(O)C(=O)N2CCCc1ccccc1. The van der Waals surface area contributed by atoms with Crippen molar-refractivity contribution in [2.24, 2.45) is 5.73 Å². The van der Waals surface area contributed by atoms with Crippen molar-refractivity contribution in [3.05, 3.63) is 65.2 Å². The van der Waals surface area contributed by atoms with Gasteiger partial charge in [-0.1, -0.05) is 30.3 Å². The number of anilines is 1. The number of hydrogen-bond donors (Lipinski definition) is 2. The molecule has 0 spiro atoms. The van der Waals surface area contributed by atoms with Crippen LogP contribution in [0.5, 0.6) is 0 Å². The van der Waals surface area contributed by atoms with Crippen LogP contribution < -0.4 is 10.6 Å². The number of nitrogens with two attached hydrogens (primary N) is 1. The van der Waals surface area contributed by atoms with Crippen LogP contribution in [-0.4, -0.2) is 23.5 Å². The fourth-order valence-corrected chi connectivity index (χ4v) is 2.89. The molecular weight excluding hydrogens is 292 g/mol. The highest BCUT2D eigenvalue weighted by Gasteiger charge is 2.35. The zero-order valence-corrected chi connectivity index (χ0v) is 12.6. The van der Waals surface area contributed by atoms with E-state index in [2.05, 4.69) is 0 Å². The Morgan fingerprint density at radius 1 is 1.17 bits per heavy atom. The van der Waals surface area contributed by atoms with Crippen molar-refractivity contribution in [1.82, 2.24) is 0 Å². The average Bonchev–Trinajstić information content (AvgIpc) is 2.80. The molecule has 5 heteroatoms. The molecule has 3 N–H and O–H groups in total. The van der Waals surface area contributed by atoms with E-state index in [1.807, 2.05) is 30.3 Å². The van der Waals surface area contributed by atoms with Crippen LogP contribution in [0, 0.1) is 0 Å². The van der Waals surface area contributed by atoms with Crippen molar-refractivity contribution in [2.45, 2.75) is 18.9 Å². The molecule has 0 bridgehead atoms. The van der Waals surface area contributed by atoms with Gasteiger partial charge in [-0.15, -0.1) is 0 Å². The quantitative estimate of drug-likeness (QED) is 0.883. The van der Waals surface area contributed by atoms with E-state index in [1.54, 1.807) is 17.0 Å². The lowest BCUT2D eigenvalue weighted by atomic mass is 10.1. The second-order valence-corrected chi connectivity index (χ2v) is 5.62. The predicted octanol–water partition coefficient (Wildman–Crippen LogP) is 1.80. The van der Waals surface area contributed by atoms with Crippen molar-refractivity contribution in [3.63, 3.8) is 0 Å². The average molecular weight is 310 g/mol. The lowest BCUT2D eigenvalue weighted by Gasteiger charge is -2.17. The van der Waals surface area contributed by atoms with Crippen LogP contribution in [0.1, 0.15) is 34.0 Å². The molecule has 1 aliphatic rings. The van der Waals surface area contributed by atoms with E-state index in [-0.39, 0.29) is 5.91 Å². The third-order valence-electron chi connectivity index (χ3n) is 4.09. The first kappa shape index (κ1) is 15.2. The van der Waals surface area contributed by atoms with Gasteiger partial charge in [-0.05, 0) is 36.6 Å². The molecule has 1 unspecified atom stereocenters. The number of rotatable bonds is 5. The smallest absolute Gasteiger partial charge is 0.260 e. The summed E-state index contributed by atoms with van der Waals surface area (Å²) in [4.78, 5) is 25.1. The second-order valence-electron chi connectivity index (χ2n) is 5.62. The van der Waals surface area contributed by atoms with Gasteiger partial charge < -0.3 is 15.7 Å². The molecule has 2 aromatic carbocycles. The fourth-order valence-electron chi connectivity index (χ4n) is 2.89. The van der Waals surface area contributed by atoms with Crippen LogP contribution in [0.15, 0.2) is 48.5 Å². The molecule has 0 radical (unpaired) electrons. The summed E-state index contributed by atoms with van der Waals surface area (Å²) in [6, 6.07) is 14.8. The van der Waals surface area contributed by atoms with Crippen LogP contribution in [-0.2, 0) is 11.2 Å². The molecule has 3 rings (SSSR count). The molecular formula is C18H18N2O3.